The van der Waals surface area contributed by atoms with E-state index in [0.717, 1.165) is 70.6 Å². The first-order chi connectivity index (χ1) is 34.9. The van der Waals surface area contributed by atoms with Crippen LogP contribution in [0.2, 0.25) is 0 Å². The minimum atomic E-state index is -0.187. The van der Waals surface area contributed by atoms with E-state index in [4.69, 9.17) is 18.9 Å². The number of amides is 2. The summed E-state index contributed by atoms with van der Waals surface area (Å²) in [7, 11) is 0. The molecule has 2 aliphatic heterocycles. The number of piperazine rings is 1. The third-order valence-electron chi connectivity index (χ3n) is 15.6. The number of hydrogen-bond acceptors (Lipinski definition) is 8. The van der Waals surface area contributed by atoms with Gasteiger partial charge in [-0.3, -0.25) is 14.5 Å². The van der Waals surface area contributed by atoms with E-state index in [1.807, 2.05) is 25.7 Å². The molecule has 3 rings (SSSR count). The zero-order valence-electron chi connectivity index (χ0n) is 56.5. The Bertz CT molecular complexity index is 1500. The number of likely N-dealkylation sites (tertiary alicyclic amines) is 1. The first kappa shape index (κ1) is 75.7. The van der Waals surface area contributed by atoms with Crippen LogP contribution in [0.5, 0.6) is 0 Å². The summed E-state index contributed by atoms with van der Waals surface area (Å²) >= 11 is 0. The summed E-state index contributed by atoms with van der Waals surface area (Å²) in [5.41, 5.74) is 3.31. The minimum absolute atomic E-state index is 0.0158. The maximum Gasteiger partial charge on any atom is 0.224 e. The van der Waals surface area contributed by atoms with Crippen molar-refractivity contribution in [2.24, 2.45) is 43.8 Å². The maximum atomic E-state index is 12.2. The second kappa shape index (κ2) is 35.0. The van der Waals surface area contributed by atoms with Gasteiger partial charge in [0, 0.05) is 62.9 Å². The van der Waals surface area contributed by atoms with Crippen molar-refractivity contribution in [1.29, 1.82) is 0 Å². The SMILES string of the molecule is CC(C)(C)CC1CC(N2CCC(C)(C(C)(C)C)CC2)C1.CC(C)(C)CCCCC(C)(C)C.CC(C)(C)CCCOCCC(=O)N1CCN(C(C)(C)C)CC1.CC(C)(C)CCCOCCOCCOCCC(=O)NC(C)(C)C. The van der Waals surface area contributed by atoms with E-state index in [2.05, 4.69) is 167 Å². The highest BCUT2D eigenvalue weighted by molar-refractivity contribution is 5.77. The van der Waals surface area contributed by atoms with Crippen LogP contribution in [0.3, 0.4) is 0 Å². The molecule has 0 aromatic heterocycles. The van der Waals surface area contributed by atoms with E-state index >= 15 is 0 Å². The molecule has 0 aromatic rings. The van der Waals surface area contributed by atoms with Crippen LogP contribution in [0.1, 0.15) is 269 Å². The lowest BCUT2D eigenvalue weighted by atomic mass is 9.62. The summed E-state index contributed by atoms with van der Waals surface area (Å²) < 4.78 is 21.9. The van der Waals surface area contributed by atoms with Gasteiger partial charge >= 0.3 is 0 Å². The zero-order valence-corrected chi connectivity index (χ0v) is 56.5. The van der Waals surface area contributed by atoms with Crippen LogP contribution < -0.4 is 5.32 Å². The molecule has 3 fully saturated rings. The number of nitrogens with zero attached hydrogens (tertiary/aromatic N) is 3. The van der Waals surface area contributed by atoms with Gasteiger partial charge in [0.05, 0.1) is 46.1 Å². The van der Waals surface area contributed by atoms with Crippen molar-refractivity contribution >= 4 is 11.8 Å². The van der Waals surface area contributed by atoms with Gasteiger partial charge < -0.3 is 34.1 Å². The molecule has 0 radical (unpaired) electrons. The number of hydrogen-bond donors (Lipinski definition) is 1. The second-order valence-corrected chi connectivity index (χ2v) is 33.0. The topological polar surface area (TPSA) is 92.8 Å². The third-order valence-corrected chi connectivity index (χ3v) is 15.6. The average molecular weight is 1090 g/mol. The molecule has 1 aliphatic carbocycles. The van der Waals surface area contributed by atoms with Gasteiger partial charge in [-0.05, 0) is 169 Å². The molecular weight excluding hydrogens is 957 g/mol. The predicted octanol–water partition coefficient (Wildman–Crippen LogP) is 16.3. The molecule has 77 heavy (non-hydrogen) atoms. The van der Waals surface area contributed by atoms with Gasteiger partial charge in [0.1, 0.15) is 0 Å². The van der Waals surface area contributed by atoms with Crippen LogP contribution >= 0.6 is 0 Å². The van der Waals surface area contributed by atoms with E-state index in [1.54, 1.807) is 0 Å². The van der Waals surface area contributed by atoms with E-state index in [9.17, 15) is 9.59 Å². The van der Waals surface area contributed by atoms with Gasteiger partial charge in [0.25, 0.3) is 0 Å². The number of carbonyl (C=O) groups is 2. The summed E-state index contributed by atoms with van der Waals surface area (Å²) in [6.07, 6.45) is 18.0. The molecule has 1 N–H and O–H groups in total. The number of nitrogens with one attached hydrogen (secondary N) is 1. The lowest BCUT2D eigenvalue weighted by Crippen LogP contribution is -2.54. The molecule has 1 saturated carbocycles. The van der Waals surface area contributed by atoms with Crippen molar-refractivity contribution in [2.75, 3.05) is 92.1 Å². The number of rotatable bonds is 23. The van der Waals surface area contributed by atoms with Crippen LogP contribution in [0.4, 0.5) is 0 Å². The van der Waals surface area contributed by atoms with Gasteiger partial charge in [-0.25, -0.2) is 0 Å². The molecule has 460 valence electrons. The highest BCUT2D eigenvalue weighted by atomic mass is 16.5. The lowest BCUT2D eigenvalue weighted by molar-refractivity contribution is -0.135. The van der Waals surface area contributed by atoms with Crippen molar-refractivity contribution in [3.8, 4) is 0 Å². The molecule has 2 saturated heterocycles. The first-order valence-corrected chi connectivity index (χ1v) is 31.3. The Morgan fingerprint density at radius 3 is 1.22 bits per heavy atom. The molecule has 10 heteroatoms. The fourth-order valence-corrected chi connectivity index (χ4v) is 10.1. The van der Waals surface area contributed by atoms with Crippen molar-refractivity contribution in [3.05, 3.63) is 0 Å². The summed E-state index contributed by atoms with van der Waals surface area (Å²) in [6.45, 7) is 68.0. The quantitative estimate of drug-likeness (QED) is 0.101. The van der Waals surface area contributed by atoms with Crippen LogP contribution in [0, 0.1) is 43.8 Å². The molecule has 0 atom stereocenters. The average Bonchev–Trinajstić information content (AvgIpc) is 3.23. The Labute approximate surface area is 480 Å². The van der Waals surface area contributed by atoms with Crippen molar-refractivity contribution in [1.82, 2.24) is 20.0 Å². The monoisotopic (exact) mass is 1090 g/mol. The van der Waals surface area contributed by atoms with Gasteiger partial charge in [-0.2, -0.15) is 0 Å². The van der Waals surface area contributed by atoms with Crippen LogP contribution in [-0.4, -0.2) is 136 Å². The molecule has 0 spiro atoms. The molecule has 0 aromatic carbocycles. The Morgan fingerprint density at radius 1 is 0.468 bits per heavy atom. The van der Waals surface area contributed by atoms with E-state index in [-0.39, 0.29) is 22.9 Å². The smallest absolute Gasteiger partial charge is 0.224 e. The summed E-state index contributed by atoms with van der Waals surface area (Å²) in [6, 6.07) is 0.909. The van der Waals surface area contributed by atoms with Gasteiger partial charge in [-0.1, -0.05) is 144 Å². The molecule has 2 heterocycles. The largest absolute Gasteiger partial charge is 0.381 e. The molecule has 10 nitrogen and oxygen atoms in total. The van der Waals surface area contributed by atoms with Gasteiger partial charge in [0.2, 0.25) is 11.8 Å². The molecule has 3 aliphatic rings. The normalized spacial score (nSPS) is 19.2. The summed E-state index contributed by atoms with van der Waals surface area (Å²) in [5.74, 6) is 1.25. The fraction of sp³-hybridized carbons (Fsp3) is 0.970. The van der Waals surface area contributed by atoms with E-state index in [0.29, 0.717) is 90.4 Å². The number of unbranched alkanes of at least 4 members (excludes halogenated alkanes) is 1. The maximum absolute atomic E-state index is 12.2. The van der Waals surface area contributed by atoms with Crippen LogP contribution in [0.25, 0.3) is 0 Å². The molecule has 2 amide bonds. The van der Waals surface area contributed by atoms with Gasteiger partial charge in [-0.15, -0.1) is 0 Å². The standard InChI is InChI=1S/C19H37N.C18H36N2O2.C18H37NO4.C12H26/c1-17(2,3)14-15-12-16(13-15)20-10-8-19(7,9-11-20)18(4,5)6;1-17(2,3)9-7-14-22-15-8-16(21)19-10-12-20(13-11-19)18(4,5)6;1-17(2,3)9-7-10-21-12-14-23-15-13-22-11-8-16(20)19-18(4,5)6;1-11(2,3)9-7-8-10-12(4,5)6/h15-16H,8-14H2,1-7H3;7-15H2,1-6H3;7-15H2,1-6H3,(H,19,20);7-10H2,1-6H3. The summed E-state index contributed by atoms with van der Waals surface area (Å²) in [4.78, 5) is 30.9. The third kappa shape index (κ3) is 42.2. The summed E-state index contributed by atoms with van der Waals surface area (Å²) in [5, 5.41) is 2.90. The second-order valence-electron chi connectivity index (χ2n) is 33.0. The van der Waals surface area contributed by atoms with Crippen LogP contribution in [-0.2, 0) is 28.5 Å². The first-order valence-electron chi connectivity index (χ1n) is 31.3. The minimum Gasteiger partial charge on any atom is -0.381 e. The Morgan fingerprint density at radius 2 is 0.844 bits per heavy atom. The van der Waals surface area contributed by atoms with E-state index < -0.39 is 0 Å². The number of ether oxygens (including phenoxy) is 4. The molecule has 0 bridgehead atoms. The number of piperidine rings is 1. The highest BCUT2D eigenvalue weighted by Crippen LogP contribution is 2.48. The van der Waals surface area contributed by atoms with Gasteiger partial charge in [0.15, 0.2) is 0 Å². The van der Waals surface area contributed by atoms with E-state index in [1.165, 1.54) is 77.3 Å². The molecule has 0 unspecified atom stereocenters. The lowest BCUT2D eigenvalue weighted by Gasteiger charge is -2.52. The highest BCUT2D eigenvalue weighted by Gasteiger charge is 2.43. The Kier molecular flexibility index (Phi) is 34.4. The van der Waals surface area contributed by atoms with Crippen molar-refractivity contribution in [3.63, 3.8) is 0 Å². The molecular formula is C67H136N4O6. The Balaban J connectivity index is 0.00000102. The van der Waals surface area contributed by atoms with Crippen molar-refractivity contribution in [2.45, 2.75) is 287 Å². The van der Waals surface area contributed by atoms with Crippen molar-refractivity contribution < 1.29 is 28.5 Å². The van der Waals surface area contributed by atoms with Crippen LogP contribution in [0.15, 0.2) is 0 Å². The number of carbonyl (C=O) groups excluding carboxylic acids is 2. The zero-order chi connectivity index (χ0) is 59.6. The predicted molar refractivity (Wildman–Crippen MR) is 332 cm³/mol. The fourth-order valence-electron chi connectivity index (χ4n) is 10.1. The Hall–Kier alpha value is -1.30.